The van der Waals surface area contributed by atoms with Crippen LogP contribution in [0.1, 0.15) is 20.7 Å². The number of carboxylic acids is 2. The Balaban J connectivity index is 3.14. The van der Waals surface area contributed by atoms with Gasteiger partial charge in [-0.1, -0.05) is 0 Å². The standard InChI is InChI=1S/C13H7F2IN2O5/c14-3-1-2-4(16)5(9(3)15)6-7(12(20)21)10(17)18-11(19)8(6)13(22)23/h1-2H,(H,20,21)(H,22,23)(H3,17,18,19). The maximum atomic E-state index is 14.2. The lowest BCUT2D eigenvalue weighted by Gasteiger charge is -2.14. The number of benzene rings is 1. The van der Waals surface area contributed by atoms with Crippen LogP contribution in [-0.2, 0) is 0 Å². The molecule has 0 amide bonds. The lowest BCUT2D eigenvalue weighted by atomic mass is 9.95. The molecule has 2 aromatic rings. The number of anilines is 1. The SMILES string of the molecule is Nc1[nH]c(=O)c(C(=O)O)c(-c2c(I)ccc(F)c2F)c1C(=O)O. The van der Waals surface area contributed by atoms with Gasteiger partial charge in [0.05, 0.1) is 0 Å². The number of nitrogen functional groups attached to an aromatic ring is 1. The van der Waals surface area contributed by atoms with Gasteiger partial charge < -0.3 is 20.9 Å². The lowest BCUT2D eigenvalue weighted by Crippen LogP contribution is -2.24. The van der Waals surface area contributed by atoms with Crippen LogP contribution in [0.5, 0.6) is 0 Å². The molecule has 1 heterocycles. The van der Waals surface area contributed by atoms with Gasteiger partial charge >= 0.3 is 11.9 Å². The minimum Gasteiger partial charge on any atom is -0.478 e. The third kappa shape index (κ3) is 2.76. The minimum atomic E-state index is -1.80. The highest BCUT2D eigenvalue weighted by atomic mass is 127. The van der Waals surface area contributed by atoms with Crippen molar-refractivity contribution in [2.45, 2.75) is 0 Å². The van der Waals surface area contributed by atoms with E-state index in [1.807, 2.05) is 4.98 Å². The molecule has 0 aliphatic carbocycles. The molecule has 10 heteroatoms. The molecule has 1 aromatic carbocycles. The maximum absolute atomic E-state index is 14.2. The second kappa shape index (κ2) is 5.95. The van der Waals surface area contributed by atoms with Gasteiger partial charge in [-0.2, -0.15) is 0 Å². The molecule has 0 bridgehead atoms. The number of halogens is 3. The zero-order chi connectivity index (χ0) is 17.5. The first kappa shape index (κ1) is 16.9. The highest BCUT2D eigenvalue weighted by molar-refractivity contribution is 14.1. The van der Waals surface area contributed by atoms with Crippen LogP contribution in [0.4, 0.5) is 14.6 Å². The van der Waals surface area contributed by atoms with E-state index in [1.54, 1.807) is 22.6 Å². The van der Waals surface area contributed by atoms with Gasteiger partial charge in [0.25, 0.3) is 5.56 Å². The highest BCUT2D eigenvalue weighted by Gasteiger charge is 2.30. The summed E-state index contributed by atoms with van der Waals surface area (Å²) in [4.78, 5) is 36.4. The Morgan fingerprint density at radius 3 is 2.17 bits per heavy atom. The van der Waals surface area contributed by atoms with Crippen molar-refractivity contribution in [2.75, 3.05) is 5.73 Å². The van der Waals surface area contributed by atoms with E-state index in [0.717, 1.165) is 12.1 Å². The molecule has 0 saturated carbocycles. The fourth-order valence-electron chi connectivity index (χ4n) is 2.05. The first-order valence-electron chi connectivity index (χ1n) is 5.83. The van der Waals surface area contributed by atoms with Crippen molar-refractivity contribution in [3.63, 3.8) is 0 Å². The number of hydrogen-bond donors (Lipinski definition) is 4. The van der Waals surface area contributed by atoms with Crippen molar-refractivity contribution in [3.05, 3.63) is 48.8 Å². The largest absolute Gasteiger partial charge is 0.478 e. The summed E-state index contributed by atoms with van der Waals surface area (Å²) >= 11 is 1.56. The first-order valence-corrected chi connectivity index (χ1v) is 6.90. The zero-order valence-corrected chi connectivity index (χ0v) is 13.1. The summed E-state index contributed by atoms with van der Waals surface area (Å²) in [6.45, 7) is 0. The van der Waals surface area contributed by atoms with Crippen LogP contribution >= 0.6 is 22.6 Å². The molecule has 0 unspecified atom stereocenters. The molecule has 0 saturated heterocycles. The van der Waals surface area contributed by atoms with Crippen LogP contribution in [0.25, 0.3) is 11.1 Å². The van der Waals surface area contributed by atoms with E-state index in [2.05, 4.69) is 0 Å². The Bertz CT molecular complexity index is 910. The molecule has 5 N–H and O–H groups in total. The average molecular weight is 436 g/mol. The molecule has 23 heavy (non-hydrogen) atoms. The van der Waals surface area contributed by atoms with E-state index in [1.165, 1.54) is 0 Å². The van der Waals surface area contributed by atoms with Crippen molar-refractivity contribution >= 4 is 40.3 Å². The Kier molecular flexibility index (Phi) is 4.36. The number of nitrogens with one attached hydrogen (secondary N) is 1. The molecule has 1 aromatic heterocycles. The quantitative estimate of drug-likeness (QED) is 0.429. The molecule has 2 rings (SSSR count). The van der Waals surface area contributed by atoms with Crippen LogP contribution < -0.4 is 11.3 Å². The molecule has 0 aliphatic rings. The molecule has 7 nitrogen and oxygen atoms in total. The summed E-state index contributed by atoms with van der Waals surface area (Å²) < 4.78 is 27.7. The van der Waals surface area contributed by atoms with Crippen LogP contribution in [0.2, 0.25) is 0 Å². The predicted octanol–water partition coefficient (Wildman–Crippen LogP) is 1.90. The van der Waals surface area contributed by atoms with Gasteiger partial charge in [0.2, 0.25) is 0 Å². The molecule has 0 atom stereocenters. The molecular formula is C13H7F2IN2O5. The fourth-order valence-corrected chi connectivity index (χ4v) is 2.74. The Morgan fingerprint density at radius 1 is 1.09 bits per heavy atom. The minimum absolute atomic E-state index is 0.0106. The summed E-state index contributed by atoms with van der Waals surface area (Å²) in [7, 11) is 0. The number of carbonyl (C=O) groups is 2. The van der Waals surface area contributed by atoms with E-state index < -0.39 is 57.2 Å². The van der Waals surface area contributed by atoms with Gasteiger partial charge in [-0.05, 0) is 34.7 Å². The monoisotopic (exact) mass is 436 g/mol. The Hall–Kier alpha value is -2.50. The van der Waals surface area contributed by atoms with E-state index in [0.29, 0.717) is 0 Å². The number of nitrogens with two attached hydrogens (primary N) is 1. The zero-order valence-electron chi connectivity index (χ0n) is 11.0. The number of rotatable bonds is 3. The van der Waals surface area contributed by atoms with Crippen molar-refractivity contribution in [1.82, 2.24) is 4.98 Å². The number of pyridine rings is 1. The molecular weight excluding hydrogens is 429 g/mol. The first-order chi connectivity index (χ1) is 10.7. The molecule has 0 spiro atoms. The van der Waals surface area contributed by atoms with Crippen LogP contribution in [0.3, 0.4) is 0 Å². The van der Waals surface area contributed by atoms with Crippen LogP contribution in [-0.4, -0.2) is 27.1 Å². The number of aromatic amines is 1. The maximum Gasteiger partial charge on any atom is 0.342 e. The van der Waals surface area contributed by atoms with Gasteiger partial charge in [0.15, 0.2) is 11.6 Å². The van der Waals surface area contributed by atoms with Crippen molar-refractivity contribution in [3.8, 4) is 11.1 Å². The van der Waals surface area contributed by atoms with E-state index in [4.69, 9.17) is 5.73 Å². The van der Waals surface area contributed by atoms with E-state index >= 15 is 0 Å². The van der Waals surface area contributed by atoms with E-state index in [9.17, 15) is 33.4 Å². The number of H-pyrrole nitrogens is 1. The van der Waals surface area contributed by atoms with Crippen LogP contribution in [0.15, 0.2) is 16.9 Å². The molecule has 0 radical (unpaired) electrons. The Labute approximate surface area is 139 Å². The molecule has 0 fully saturated rings. The molecule has 120 valence electrons. The van der Waals surface area contributed by atoms with E-state index in [-0.39, 0.29) is 3.57 Å². The van der Waals surface area contributed by atoms with Crippen molar-refractivity contribution in [2.24, 2.45) is 0 Å². The predicted molar refractivity (Wildman–Crippen MR) is 83.5 cm³/mol. The van der Waals surface area contributed by atoms with Crippen LogP contribution in [0, 0.1) is 15.2 Å². The number of aromatic carboxylic acids is 2. The van der Waals surface area contributed by atoms with Crippen molar-refractivity contribution < 1.29 is 28.6 Å². The summed E-state index contributed by atoms with van der Waals surface area (Å²) in [6.07, 6.45) is 0. The lowest BCUT2D eigenvalue weighted by molar-refractivity contribution is 0.0695. The van der Waals surface area contributed by atoms with Gasteiger partial charge in [0, 0.05) is 14.7 Å². The topological polar surface area (TPSA) is 133 Å². The summed E-state index contributed by atoms with van der Waals surface area (Å²) in [5.41, 5.74) is 0.882. The third-order valence-corrected chi connectivity index (χ3v) is 3.87. The summed E-state index contributed by atoms with van der Waals surface area (Å²) in [5, 5.41) is 18.4. The number of hydrogen-bond acceptors (Lipinski definition) is 4. The summed E-state index contributed by atoms with van der Waals surface area (Å²) in [5.74, 6) is -6.97. The van der Waals surface area contributed by atoms with Gasteiger partial charge in [-0.15, -0.1) is 0 Å². The van der Waals surface area contributed by atoms with Gasteiger partial charge in [-0.25, -0.2) is 18.4 Å². The fraction of sp³-hybridized carbons (Fsp3) is 0. The smallest absolute Gasteiger partial charge is 0.342 e. The number of aromatic nitrogens is 1. The normalized spacial score (nSPS) is 10.6. The highest BCUT2D eigenvalue weighted by Crippen LogP contribution is 2.35. The summed E-state index contributed by atoms with van der Waals surface area (Å²) in [6, 6.07) is 1.90. The third-order valence-electron chi connectivity index (χ3n) is 2.97. The number of carboxylic acid groups (broad SMARTS) is 2. The van der Waals surface area contributed by atoms with Gasteiger partial charge in [-0.3, -0.25) is 4.79 Å². The molecule has 0 aliphatic heterocycles. The van der Waals surface area contributed by atoms with Crippen molar-refractivity contribution in [1.29, 1.82) is 0 Å². The second-order valence-corrected chi connectivity index (χ2v) is 5.48. The Morgan fingerprint density at radius 2 is 1.65 bits per heavy atom. The van der Waals surface area contributed by atoms with Gasteiger partial charge in [0.1, 0.15) is 16.9 Å². The average Bonchev–Trinajstić information content (AvgIpc) is 2.42. The second-order valence-electron chi connectivity index (χ2n) is 4.32.